The van der Waals surface area contributed by atoms with E-state index < -0.39 is 46.0 Å². The summed E-state index contributed by atoms with van der Waals surface area (Å²) in [4.78, 5) is 23.6. The first-order valence-electron chi connectivity index (χ1n) is 15.6. The number of pyridine rings is 2. The zero-order valence-corrected chi connectivity index (χ0v) is 26.2. The summed E-state index contributed by atoms with van der Waals surface area (Å²) in [6.07, 6.45) is 3.23. The molecule has 45 heavy (non-hydrogen) atoms. The van der Waals surface area contributed by atoms with Gasteiger partial charge < -0.3 is 20.0 Å². The number of anilines is 2. The zero-order valence-electron chi connectivity index (χ0n) is 26.2. The maximum atomic E-state index is 17.2. The number of fused-ring (bicyclic) bond motifs is 5. The molecule has 1 unspecified atom stereocenters. The number of halogens is 3. The Morgan fingerprint density at radius 1 is 1.00 bits per heavy atom. The molecule has 0 radical (unpaired) electrons. The predicted molar refractivity (Wildman–Crippen MR) is 171 cm³/mol. The third-order valence-electron chi connectivity index (χ3n) is 9.26. The van der Waals surface area contributed by atoms with Crippen molar-refractivity contribution in [2.24, 2.45) is 5.92 Å². The lowest BCUT2D eigenvalue weighted by molar-refractivity contribution is 0.185. The Morgan fingerprint density at radius 2 is 1.76 bits per heavy atom. The number of piperidine rings is 1. The lowest BCUT2D eigenvalue weighted by atomic mass is 9.89. The van der Waals surface area contributed by atoms with E-state index in [4.69, 9.17) is 0 Å². The average Bonchev–Trinajstić information content (AvgIpc) is 2.98. The highest BCUT2D eigenvalue weighted by Gasteiger charge is 2.40. The molecule has 2 aromatic heterocycles. The number of benzene rings is 2. The molecule has 1 fully saturated rings. The molecule has 6 rings (SSSR count). The third kappa shape index (κ3) is 5.13. The van der Waals surface area contributed by atoms with Crippen LogP contribution in [0.15, 0.2) is 41.3 Å². The van der Waals surface area contributed by atoms with Gasteiger partial charge in [-0.2, -0.15) is 0 Å². The van der Waals surface area contributed by atoms with Crippen molar-refractivity contribution in [1.29, 1.82) is 0 Å². The van der Waals surface area contributed by atoms with E-state index in [1.807, 2.05) is 18.7 Å². The highest BCUT2D eigenvalue weighted by Crippen LogP contribution is 2.47. The van der Waals surface area contributed by atoms with Gasteiger partial charge in [-0.15, -0.1) is 0 Å². The quantitative estimate of drug-likeness (QED) is 0.247. The van der Waals surface area contributed by atoms with Gasteiger partial charge in [0.1, 0.15) is 23.1 Å². The molecule has 3 atom stereocenters. The summed E-state index contributed by atoms with van der Waals surface area (Å²) in [6.45, 7) is 11.0. The van der Waals surface area contributed by atoms with E-state index in [9.17, 15) is 10.2 Å². The van der Waals surface area contributed by atoms with Gasteiger partial charge in [0.15, 0.2) is 5.82 Å². The number of aromatic hydroxyl groups is 1. The summed E-state index contributed by atoms with van der Waals surface area (Å²) in [6, 6.07) is 6.35. The number of aromatic nitrogens is 2. The monoisotopic (exact) mass is 620 g/mol. The molecule has 0 spiro atoms. The van der Waals surface area contributed by atoms with Crippen molar-refractivity contribution in [2.45, 2.75) is 71.9 Å². The van der Waals surface area contributed by atoms with E-state index in [0.717, 1.165) is 18.9 Å². The highest BCUT2D eigenvalue weighted by atomic mass is 19.1. The van der Waals surface area contributed by atoms with Gasteiger partial charge in [0, 0.05) is 37.3 Å². The molecule has 238 valence electrons. The van der Waals surface area contributed by atoms with Crippen LogP contribution in [-0.2, 0) is 0 Å². The number of phenols is 1. The number of rotatable bonds is 6. The first-order chi connectivity index (χ1) is 21.4. The Hall–Kier alpha value is -4.05. The molecule has 10 heteroatoms. The zero-order chi connectivity index (χ0) is 32.3. The van der Waals surface area contributed by atoms with Gasteiger partial charge in [0.05, 0.1) is 39.8 Å². The minimum absolute atomic E-state index is 0.00564. The molecule has 7 nitrogen and oxygen atoms in total. The maximum absolute atomic E-state index is 17.2. The summed E-state index contributed by atoms with van der Waals surface area (Å²) in [5.41, 5.74) is 0.271. The predicted octanol–water partition coefficient (Wildman–Crippen LogP) is 6.80. The van der Waals surface area contributed by atoms with Crippen LogP contribution in [0, 0.1) is 30.3 Å². The molecule has 2 N–H and O–H groups in total. The van der Waals surface area contributed by atoms with Crippen LogP contribution < -0.4 is 15.4 Å². The summed E-state index contributed by atoms with van der Waals surface area (Å²) in [5, 5.41) is 21.0. The molecule has 4 heterocycles. The summed E-state index contributed by atoms with van der Waals surface area (Å²) < 4.78 is 49.9. The van der Waals surface area contributed by atoms with Crippen LogP contribution in [0.5, 0.6) is 5.75 Å². The fourth-order valence-corrected chi connectivity index (χ4v) is 7.07. The van der Waals surface area contributed by atoms with Crippen LogP contribution in [0.25, 0.3) is 27.7 Å². The summed E-state index contributed by atoms with van der Waals surface area (Å²) in [5.74, 6) is -3.68. The number of hydrogen-bond donors (Lipinski definition) is 2. The Balaban J connectivity index is 1.82. The molecule has 0 saturated carbocycles. The van der Waals surface area contributed by atoms with Gasteiger partial charge in [-0.05, 0) is 74.8 Å². The van der Waals surface area contributed by atoms with Crippen molar-refractivity contribution in [2.75, 3.05) is 29.4 Å². The minimum Gasteiger partial charge on any atom is -0.507 e. The number of aliphatic hydroxyl groups excluding tert-OH is 1. The van der Waals surface area contributed by atoms with E-state index >= 15 is 18.0 Å². The van der Waals surface area contributed by atoms with Crippen molar-refractivity contribution in [3.8, 4) is 22.6 Å². The highest BCUT2D eigenvalue weighted by molar-refractivity contribution is 6.03. The molecule has 4 aromatic rings. The number of nitrogens with zero attached hydrogens (tertiary/aromatic N) is 4. The van der Waals surface area contributed by atoms with E-state index in [1.54, 1.807) is 26.1 Å². The van der Waals surface area contributed by atoms with Crippen molar-refractivity contribution < 1.29 is 23.4 Å². The maximum Gasteiger partial charge on any atom is 0.281 e. The molecule has 0 bridgehead atoms. The van der Waals surface area contributed by atoms with E-state index in [1.165, 1.54) is 22.8 Å². The van der Waals surface area contributed by atoms with Crippen LogP contribution in [0.2, 0.25) is 0 Å². The lowest BCUT2D eigenvalue weighted by Gasteiger charge is -2.49. The largest absolute Gasteiger partial charge is 0.507 e. The van der Waals surface area contributed by atoms with Crippen molar-refractivity contribution in [3.05, 3.63) is 75.6 Å². The van der Waals surface area contributed by atoms with Gasteiger partial charge in [-0.25, -0.2) is 13.2 Å². The fourth-order valence-electron chi connectivity index (χ4n) is 7.07. The van der Waals surface area contributed by atoms with Crippen LogP contribution in [0.4, 0.5) is 24.5 Å². The van der Waals surface area contributed by atoms with E-state index in [0.29, 0.717) is 54.4 Å². The molecular formula is C35H39F3N4O3. The lowest BCUT2D eigenvalue weighted by Crippen LogP contribution is -2.55. The second kappa shape index (κ2) is 11.7. The smallest absolute Gasteiger partial charge is 0.281 e. The topological polar surface area (TPSA) is 81.8 Å². The molecule has 2 aromatic carbocycles. The molecule has 1 saturated heterocycles. The first-order valence-corrected chi connectivity index (χ1v) is 15.6. The normalized spacial score (nSPS) is 18.8. The number of aryl methyl sites for hydroxylation is 1. The molecule has 2 aliphatic heterocycles. The van der Waals surface area contributed by atoms with Crippen LogP contribution >= 0.6 is 0 Å². The Bertz CT molecular complexity index is 1830. The Kier molecular flexibility index (Phi) is 8.05. The number of hydrogen-bond acceptors (Lipinski definition) is 6. The second-order valence-electron chi connectivity index (χ2n) is 13.0. The standard InChI is InChI=1S/C35H39F3N4O3/c1-18(2)30-31(20(4)11-13-39-30)42-32-23(15-25(37)28(29(32)38)27-24(36)7-6-8-26(27)44)33-34(35(42)45)40(14-12-21(5)43)17-22-10-9-19(3)16-41(22)33/h6-8,11,13,15,18-19,21-22,43-44H,9-10,12,14,16-17H2,1-5H3/t19-,21?,22+/m0/s1. The van der Waals surface area contributed by atoms with Gasteiger partial charge in [-0.1, -0.05) is 26.8 Å². The Labute approximate surface area is 260 Å². The van der Waals surface area contributed by atoms with Crippen molar-refractivity contribution in [1.82, 2.24) is 9.55 Å². The molecule has 0 amide bonds. The van der Waals surface area contributed by atoms with E-state index in [2.05, 4.69) is 16.8 Å². The molecule has 2 aliphatic rings. The minimum atomic E-state index is -1.15. The first kappa shape index (κ1) is 31.0. The SMILES string of the molecule is Cc1ccnc(C(C)C)c1-n1c(=O)c2c(c3cc(F)c(-c4c(O)cccc4F)c(F)c31)N1C[C@@H](C)CC[C@@H]1CN2CCC(C)O. The van der Waals surface area contributed by atoms with Crippen molar-refractivity contribution in [3.63, 3.8) is 0 Å². The van der Waals surface area contributed by atoms with Gasteiger partial charge in [0.25, 0.3) is 5.56 Å². The summed E-state index contributed by atoms with van der Waals surface area (Å²) >= 11 is 0. The summed E-state index contributed by atoms with van der Waals surface area (Å²) in [7, 11) is 0. The fraction of sp³-hybridized carbons (Fsp3) is 0.429. The van der Waals surface area contributed by atoms with Gasteiger partial charge in [0.2, 0.25) is 0 Å². The van der Waals surface area contributed by atoms with Crippen LogP contribution in [0.1, 0.15) is 64.1 Å². The third-order valence-corrected chi connectivity index (χ3v) is 9.26. The number of aliphatic hydroxyl groups is 1. The second-order valence-corrected chi connectivity index (χ2v) is 13.0. The van der Waals surface area contributed by atoms with Gasteiger partial charge >= 0.3 is 0 Å². The number of phenolic OH excluding ortho intramolecular Hbond substituents is 1. The van der Waals surface area contributed by atoms with Crippen molar-refractivity contribution >= 4 is 22.3 Å². The van der Waals surface area contributed by atoms with Crippen LogP contribution in [0.3, 0.4) is 0 Å². The van der Waals surface area contributed by atoms with E-state index in [-0.39, 0.29) is 28.8 Å². The molecule has 0 aliphatic carbocycles. The van der Waals surface area contributed by atoms with Gasteiger partial charge in [-0.3, -0.25) is 14.3 Å². The Morgan fingerprint density at radius 3 is 2.44 bits per heavy atom. The van der Waals surface area contributed by atoms with Crippen LogP contribution in [-0.4, -0.2) is 51.5 Å². The average molecular weight is 621 g/mol. The molecular weight excluding hydrogens is 581 g/mol.